The first-order valence-electron chi connectivity index (χ1n) is 11.2. The lowest BCUT2D eigenvalue weighted by molar-refractivity contribution is 0.241. The van der Waals surface area contributed by atoms with Gasteiger partial charge in [-0.3, -0.25) is 0 Å². The number of phenolic OH excluding ortho intramolecular Hbond substituents is 1. The van der Waals surface area contributed by atoms with Crippen LogP contribution in [0.2, 0.25) is 0 Å². The fourth-order valence-corrected chi connectivity index (χ4v) is 3.00. The predicted molar refractivity (Wildman–Crippen MR) is 119 cm³/mol. The molecule has 0 fully saturated rings. The van der Waals surface area contributed by atoms with Crippen molar-refractivity contribution in [2.45, 2.75) is 104 Å². The Balaban J connectivity index is 0.000000516. The van der Waals surface area contributed by atoms with Crippen molar-refractivity contribution in [2.24, 2.45) is 0 Å². The summed E-state index contributed by atoms with van der Waals surface area (Å²) in [7, 11) is 0. The fraction of sp³-hybridized carbons (Fsp3) is 0.680. The minimum absolute atomic E-state index is 0.363. The summed E-state index contributed by atoms with van der Waals surface area (Å²) in [5, 5.41) is 9.13. The van der Waals surface area contributed by atoms with Crippen molar-refractivity contribution >= 4 is 0 Å². The van der Waals surface area contributed by atoms with E-state index in [1.165, 1.54) is 95.3 Å². The lowest BCUT2D eigenvalue weighted by Gasteiger charge is -2.02. The zero-order chi connectivity index (χ0) is 20.0. The van der Waals surface area contributed by atoms with Crippen molar-refractivity contribution in [1.29, 1.82) is 0 Å². The number of aromatic hydroxyl groups is 1. The van der Waals surface area contributed by atoms with Crippen LogP contribution in [0.3, 0.4) is 0 Å². The number of hydrogen-bond acceptors (Lipinski definition) is 2. The van der Waals surface area contributed by atoms with Gasteiger partial charge in [-0.2, -0.15) is 0 Å². The highest BCUT2D eigenvalue weighted by Crippen LogP contribution is 2.13. The van der Waals surface area contributed by atoms with Crippen molar-refractivity contribution in [3.63, 3.8) is 0 Å². The minimum Gasteiger partial charge on any atom is -0.508 e. The monoisotopic (exact) mass is 376 g/mol. The molecule has 2 heteroatoms. The molecular weight excluding hydrogens is 332 g/mol. The van der Waals surface area contributed by atoms with Crippen LogP contribution >= 0.6 is 0 Å². The first-order valence-corrected chi connectivity index (χ1v) is 11.2. The average molecular weight is 377 g/mol. The summed E-state index contributed by atoms with van der Waals surface area (Å²) < 4.78 is 5.03. The van der Waals surface area contributed by atoms with E-state index in [2.05, 4.69) is 20.4 Å². The summed E-state index contributed by atoms with van der Waals surface area (Å²) in [5.41, 5.74) is 1.34. The molecule has 0 amide bonds. The molecule has 0 atom stereocenters. The number of hydrogen-bond donors (Lipinski definition) is 1. The molecule has 2 nitrogen and oxygen atoms in total. The standard InChI is InChI=1S/C14H22O.C11H22O/c1-2-3-4-5-6-7-8-13-9-11-14(15)12-10-13;1-3-5-6-7-8-9-10-11-12-4-2/h9-12,15H,2-8H2,1H3;4H,2-3,5-11H2,1H3. The molecule has 156 valence electrons. The molecule has 1 N–H and O–H groups in total. The quantitative estimate of drug-likeness (QED) is 0.233. The van der Waals surface area contributed by atoms with Crippen LogP contribution in [0, 0.1) is 0 Å². The smallest absolute Gasteiger partial charge is 0.115 e. The second-order valence-corrected chi connectivity index (χ2v) is 7.34. The molecule has 0 saturated heterocycles. The highest BCUT2D eigenvalue weighted by Gasteiger charge is 1.94. The second kappa shape index (κ2) is 20.9. The predicted octanol–water partition coefficient (Wildman–Crippen LogP) is 8.19. The molecule has 0 spiro atoms. The Morgan fingerprint density at radius 1 is 0.741 bits per heavy atom. The first kappa shape index (κ1) is 25.6. The minimum atomic E-state index is 0.363. The summed E-state index contributed by atoms with van der Waals surface area (Å²) in [6.07, 6.45) is 20.1. The van der Waals surface area contributed by atoms with Gasteiger partial charge in [0, 0.05) is 0 Å². The molecule has 0 saturated carbocycles. The molecule has 27 heavy (non-hydrogen) atoms. The van der Waals surface area contributed by atoms with Crippen LogP contribution in [-0.4, -0.2) is 11.7 Å². The average Bonchev–Trinajstić information content (AvgIpc) is 2.69. The second-order valence-electron chi connectivity index (χ2n) is 7.34. The van der Waals surface area contributed by atoms with Gasteiger partial charge in [-0.1, -0.05) is 103 Å². The van der Waals surface area contributed by atoms with Crippen molar-refractivity contribution in [3.8, 4) is 5.75 Å². The zero-order valence-electron chi connectivity index (χ0n) is 18.1. The molecule has 0 aliphatic rings. The maximum atomic E-state index is 9.13. The summed E-state index contributed by atoms with van der Waals surface area (Å²) in [4.78, 5) is 0. The number of aryl methyl sites for hydroxylation is 1. The van der Waals surface area contributed by atoms with Crippen molar-refractivity contribution in [2.75, 3.05) is 6.61 Å². The summed E-state index contributed by atoms with van der Waals surface area (Å²) in [6.45, 7) is 8.84. The van der Waals surface area contributed by atoms with E-state index in [0.717, 1.165) is 13.0 Å². The molecule has 0 heterocycles. The highest BCUT2D eigenvalue weighted by atomic mass is 16.5. The lowest BCUT2D eigenvalue weighted by atomic mass is 10.1. The van der Waals surface area contributed by atoms with Crippen LogP contribution in [0.1, 0.15) is 103 Å². The largest absolute Gasteiger partial charge is 0.508 e. The van der Waals surface area contributed by atoms with Gasteiger partial charge < -0.3 is 9.84 Å². The van der Waals surface area contributed by atoms with Crippen molar-refractivity contribution in [1.82, 2.24) is 0 Å². The van der Waals surface area contributed by atoms with Crippen molar-refractivity contribution < 1.29 is 9.84 Å². The third-order valence-electron chi connectivity index (χ3n) is 4.74. The topological polar surface area (TPSA) is 29.5 Å². The summed E-state index contributed by atoms with van der Waals surface area (Å²) in [5.74, 6) is 0.363. The van der Waals surface area contributed by atoms with Gasteiger partial charge in [-0.15, -0.1) is 0 Å². The number of rotatable bonds is 16. The van der Waals surface area contributed by atoms with E-state index < -0.39 is 0 Å². The van der Waals surface area contributed by atoms with Crippen LogP contribution in [-0.2, 0) is 11.2 Å². The Labute approximate surface area is 169 Å². The lowest BCUT2D eigenvalue weighted by Crippen LogP contribution is -1.87. The van der Waals surface area contributed by atoms with Gasteiger partial charge in [-0.05, 0) is 37.0 Å². The van der Waals surface area contributed by atoms with Gasteiger partial charge >= 0.3 is 0 Å². The van der Waals surface area contributed by atoms with Gasteiger partial charge in [0.2, 0.25) is 0 Å². The molecule has 0 aliphatic carbocycles. The van der Waals surface area contributed by atoms with Gasteiger partial charge in [0.05, 0.1) is 12.9 Å². The Morgan fingerprint density at radius 2 is 1.22 bits per heavy atom. The molecule has 1 rings (SSSR count). The molecule has 1 aromatic carbocycles. The van der Waals surface area contributed by atoms with E-state index in [1.54, 1.807) is 12.1 Å². The molecule has 0 bridgehead atoms. The van der Waals surface area contributed by atoms with Gasteiger partial charge in [-0.25, -0.2) is 0 Å². The Morgan fingerprint density at radius 3 is 1.74 bits per heavy atom. The Bertz CT molecular complexity index is 411. The molecule has 0 radical (unpaired) electrons. The Kier molecular flexibility index (Phi) is 19.8. The van der Waals surface area contributed by atoms with E-state index in [4.69, 9.17) is 9.84 Å². The van der Waals surface area contributed by atoms with E-state index in [-0.39, 0.29) is 0 Å². The van der Waals surface area contributed by atoms with Crippen LogP contribution in [0.5, 0.6) is 5.75 Å². The molecule has 0 aliphatic heterocycles. The third kappa shape index (κ3) is 19.1. The third-order valence-corrected chi connectivity index (χ3v) is 4.74. The van der Waals surface area contributed by atoms with Crippen LogP contribution < -0.4 is 0 Å². The van der Waals surface area contributed by atoms with E-state index in [1.807, 2.05) is 12.1 Å². The van der Waals surface area contributed by atoms with Crippen LogP contribution in [0.25, 0.3) is 0 Å². The summed E-state index contributed by atoms with van der Waals surface area (Å²) in [6, 6.07) is 7.57. The highest BCUT2D eigenvalue weighted by molar-refractivity contribution is 5.25. The van der Waals surface area contributed by atoms with Gasteiger partial charge in [0.15, 0.2) is 0 Å². The molecule has 0 aromatic heterocycles. The first-order chi connectivity index (χ1) is 13.2. The fourth-order valence-electron chi connectivity index (χ4n) is 3.00. The van der Waals surface area contributed by atoms with E-state index in [9.17, 15) is 0 Å². The number of phenols is 1. The zero-order valence-corrected chi connectivity index (χ0v) is 18.1. The number of unbranched alkanes of at least 4 members (excludes halogenated alkanes) is 11. The molecular formula is C25H44O2. The van der Waals surface area contributed by atoms with E-state index >= 15 is 0 Å². The normalized spacial score (nSPS) is 10.1. The maximum Gasteiger partial charge on any atom is 0.115 e. The van der Waals surface area contributed by atoms with Gasteiger partial charge in [0.1, 0.15) is 5.75 Å². The van der Waals surface area contributed by atoms with E-state index in [0.29, 0.717) is 5.75 Å². The SMILES string of the molecule is C=COCCCCCCCCC.CCCCCCCCc1ccc(O)cc1. The van der Waals surface area contributed by atoms with Crippen molar-refractivity contribution in [3.05, 3.63) is 42.7 Å². The summed E-state index contributed by atoms with van der Waals surface area (Å²) >= 11 is 0. The van der Waals surface area contributed by atoms with Crippen LogP contribution in [0.4, 0.5) is 0 Å². The van der Waals surface area contributed by atoms with Crippen LogP contribution in [0.15, 0.2) is 37.1 Å². The number of benzene rings is 1. The molecule has 1 aromatic rings. The maximum absolute atomic E-state index is 9.13. The Hall–Kier alpha value is -1.44. The molecule has 0 unspecified atom stereocenters. The van der Waals surface area contributed by atoms with Gasteiger partial charge in [0.25, 0.3) is 0 Å². The number of ether oxygens (including phenoxy) is 1.